The highest BCUT2D eigenvalue weighted by atomic mass is 16.5. The topological polar surface area (TPSA) is 58.6 Å². The number of ether oxygens (including phenoxy) is 1. The Balaban J connectivity index is 1.51. The van der Waals surface area contributed by atoms with Crippen molar-refractivity contribution < 1.29 is 14.3 Å². The van der Waals surface area contributed by atoms with Crippen molar-refractivity contribution >= 4 is 17.5 Å². The van der Waals surface area contributed by atoms with Crippen LogP contribution in [0.25, 0.3) is 0 Å². The standard InChI is InChI=1S/C21H28N2O3/c1-14(24)22-18-13-20(26-19-6-3-2-5-17(18)19)15-8-10-16(11-9-15)23-12-4-7-21(23)25/h8-11,17-20H,2-7,12-13H2,1H3,(H,22,24)/t17-,18+,19+,20+/m0/s1. The number of amides is 2. The van der Waals surface area contributed by atoms with Gasteiger partial charge in [0.1, 0.15) is 0 Å². The van der Waals surface area contributed by atoms with Gasteiger partial charge in [-0.1, -0.05) is 25.0 Å². The molecule has 0 unspecified atom stereocenters. The number of anilines is 1. The second-order valence-electron chi connectivity index (χ2n) is 7.89. The molecule has 4 rings (SSSR count). The Hall–Kier alpha value is -1.88. The minimum absolute atomic E-state index is 0.00882. The normalized spacial score (nSPS) is 31.6. The van der Waals surface area contributed by atoms with Crippen molar-refractivity contribution in [2.45, 2.75) is 70.1 Å². The van der Waals surface area contributed by atoms with Gasteiger partial charge < -0.3 is 15.0 Å². The Bertz CT molecular complexity index is 672. The van der Waals surface area contributed by atoms with E-state index in [-0.39, 0.29) is 30.1 Å². The molecule has 5 nitrogen and oxygen atoms in total. The molecule has 26 heavy (non-hydrogen) atoms. The van der Waals surface area contributed by atoms with E-state index in [9.17, 15) is 9.59 Å². The van der Waals surface area contributed by atoms with Gasteiger partial charge in [-0.25, -0.2) is 0 Å². The molecule has 0 spiro atoms. The zero-order valence-electron chi connectivity index (χ0n) is 15.4. The van der Waals surface area contributed by atoms with Crippen LogP contribution in [0.1, 0.15) is 63.5 Å². The first-order valence-electron chi connectivity index (χ1n) is 9.95. The molecular formula is C21H28N2O3. The number of carbonyl (C=O) groups is 2. The third-order valence-corrected chi connectivity index (χ3v) is 6.12. The van der Waals surface area contributed by atoms with Crippen LogP contribution in [0.15, 0.2) is 24.3 Å². The van der Waals surface area contributed by atoms with E-state index in [0.717, 1.165) is 43.5 Å². The second kappa shape index (κ2) is 7.39. The number of nitrogens with zero attached hydrogens (tertiary/aromatic N) is 1. The van der Waals surface area contributed by atoms with Gasteiger partial charge >= 0.3 is 0 Å². The van der Waals surface area contributed by atoms with Crippen LogP contribution in [-0.4, -0.2) is 30.5 Å². The molecule has 0 bridgehead atoms. The van der Waals surface area contributed by atoms with Crippen molar-refractivity contribution in [1.29, 1.82) is 0 Å². The summed E-state index contributed by atoms with van der Waals surface area (Å²) in [4.78, 5) is 25.5. The largest absolute Gasteiger partial charge is 0.370 e. The lowest BCUT2D eigenvalue weighted by Crippen LogP contribution is -2.50. The van der Waals surface area contributed by atoms with Crippen molar-refractivity contribution in [3.8, 4) is 0 Å². The van der Waals surface area contributed by atoms with Gasteiger partial charge in [0, 0.05) is 37.5 Å². The van der Waals surface area contributed by atoms with Crippen LogP contribution in [0.5, 0.6) is 0 Å². The summed E-state index contributed by atoms with van der Waals surface area (Å²) in [5.74, 6) is 0.690. The van der Waals surface area contributed by atoms with E-state index in [1.54, 1.807) is 6.92 Å². The molecule has 3 aliphatic rings. The molecule has 0 aromatic heterocycles. The van der Waals surface area contributed by atoms with Gasteiger partial charge in [0.2, 0.25) is 11.8 Å². The number of hydrogen-bond acceptors (Lipinski definition) is 3. The maximum Gasteiger partial charge on any atom is 0.227 e. The molecule has 2 aliphatic heterocycles. The minimum atomic E-state index is 0.00882. The molecule has 4 atom stereocenters. The van der Waals surface area contributed by atoms with Gasteiger partial charge in [-0.05, 0) is 43.4 Å². The van der Waals surface area contributed by atoms with Crippen molar-refractivity contribution in [3.05, 3.63) is 29.8 Å². The van der Waals surface area contributed by atoms with Crippen LogP contribution in [0.2, 0.25) is 0 Å². The lowest BCUT2D eigenvalue weighted by Gasteiger charge is -2.45. The molecule has 0 radical (unpaired) electrons. The van der Waals surface area contributed by atoms with Gasteiger partial charge in [0.05, 0.1) is 12.2 Å². The maximum atomic E-state index is 11.9. The Morgan fingerprint density at radius 2 is 1.92 bits per heavy atom. The number of hydrogen-bond donors (Lipinski definition) is 1. The first-order chi connectivity index (χ1) is 12.6. The molecule has 2 saturated heterocycles. The number of benzene rings is 1. The summed E-state index contributed by atoms with van der Waals surface area (Å²) < 4.78 is 6.44. The fourth-order valence-electron chi connectivity index (χ4n) is 4.86. The van der Waals surface area contributed by atoms with Crippen molar-refractivity contribution in [2.75, 3.05) is 11.4 Å². The Kier molecular flexibility index (Phi) is 4.98. The Labute approximate surface area is 155 Å². The molecule has 5 heteroatoms. The number of rotatable bonds is 3. The third-order valence-electron chi connectivity index (χ3n) is 6.12. The lowest BCUT2D eigenvalue weighted by atomic mass is 9.76. The highest BCUT2D eigenvalue weighted by Gasteiger charge is 2.40. The zero-order valence-corrected chi connectivity index (χ0v) is 15.4. The van der Waals surface area contributed by atoms with Crippen LogP contribution in [0.3, 0.4) is 0 Å². The van der Waals surface area contributed by atoms with E-state index in [2.05, 4.69) is 17.4 Å². The SMILES string of the molecule is CC(=O)N[C@@H]1C[C@H](c2ccc(N3CCCC3=O)cc2)O[C@@H]2CCCC[C@@H]12. The molecule has 1 aromatic carbocycles. The summed E-state index contributed by atoms with van der Waals surface area (Å²) in [7, 11) is 0. The highest BCUT2D eigenvalue weighted by molar-refractivity contribution is 5.95. The first-order valence-corrected chi connectivity index (χ1v) is 9.95. The molecule has 140 valence electrons. The van der Waals surface area contributed by atoms with E-state index in [0.29, 0.717) is 12.3 Å². The first kappa shape index (κ1) is 17.5. The van der Waals surface area contributed by atoms with Crippen LogP contribution in [0.4, 0.5) is 5.69 Å². The molecular weight excluding hydrogens is 328 g/mol. The summed E-state index contributed by atoms with van der Waals surface area (Å²) >= 11 is 0. The fraction of sp³-hybridized carbons (Fsp3) is 0.619. The second-order valence-corrected chi connectivity index (χ2v) is 7.89. The predicted octanol–water partition coefficient (Wildman–Crippen LogP) is 3.34. The highest BCUT2D eigenvalue weighted by Crippen LogP contribution is 2.41. The van der Waals surface area contributed by atoms with Gasteiger partial charge in [-0.15, -0.1) is 0 Å². The van der Waals surface area contributed by atoms with Crippen molar-refractivity contribution in [3.63, 3.8) is 0 Å². The monoisotopic (exact) mass is 356 g/mol. The summed E-state index contributed by atoms with van der Waals surface area (Å²) in [6.45, 7) is 2.41. The number of carbonyl (C=O) groups excluding carboxylic acids is 2. The summed E-state index contributed by atoms with van der Waals surface area (Å²) in [6, 6.07) is 8.42. The number of nitrogens with one attached hydrogen (secondary N) is 1. The van der Waals surface area contributed by atoms with E-state index in [4.69, 9.17) is 4.74 Å². The van der Waals surface area contributed by atoms with Crippen LogP contribution < -0.4 is 10.2 Å². The summed E-state index contributed by atoms with van der Waals surface area (Å²) in [5, 5.41) is 3.17. The molecule has 2 amide bonds. The van der Waals surface area contributed by atoms with Crippen molar-refractivity contribution in [2.24, 2.45) is 5.92 Å². The average molecular weight is 356 g/mol. The van der Waals surface area contributed by atoms with E-state index >= 15 is 0 Å². The Morgan fingerprint density at radius 3 is 2.62 bits per heavy atom. The van der Waals surface area contributed by atoms with Gasteiger partial charge in [0.25, 0.3) is 0 Å². The Morgan fingerprint density at radius 1 is 1.15 bits per heavy atom. The summed E-state index contributed by atoms with van der Waals surface area (Å²) in [5.41, 5.74) is 2.11. The van der Waals surface area contributed by atoms with Gasteiger partial charge in [0.15, 0.2) is 0 Å². The van der Waals surface area contributed by atoms with Crippen molar-refractivity contribution in [1.82, 2.24) is 5.32 Å². The smallest absolute Gasteiger partial charge is 0.227 e. The maximum absolute atomic E-state index is 11.9. The molecule has 2 heterocycles. The third kappa shape index (κ3) is 3.50. The van der Waals surface area contributed by atoms with E-state index < -0.39 is 0 Å². The lowest BCUT2D eigenvalue weighted by molar-refractivity contribution is -0.131. The molecule has 1 saturated carbocycles. The molecule has 1 aromatic rings. The quantitative estimate of drug-likeness (QED) is 0.904. The van der Waals surface area contributed by atoms with Crippen LogP contribution in [-0.2, 0) is 14.3 Å². The zero-order chi connectivity index (χ0) is 18.1. The molecule has 1 N–H and O–H groups in total. The molecule has 3 fully saturated rings. The van der Waals surface area contributed by atoms with Gasteiger partial charge in [-0.3, -0.25) is 9.59 Å². The van der Waals surface area contributed by atoms with Gasteiger partial charge in [-0.2, -0.15) is 0 Å². The van der Waals surface area contributed by atoms with Crippen LogP contribution in [0, 0.1) is 5.92 Å². The minimum Gasteiger partial charge on any atom is -0.370 e. The van der Waals surface area contributed by atoms with E-state index in [1.807, 2.05) is 17.0 Å². The summed E-state index contributed by atoms with van der Waals surface area (Å²) in [6.07, 6.45) is 7.30. The fourth-order valence-corrected chi connectivity index (χ4v) is 4.86. The van der Waals surface area contributed by atoms with E-state index in [1.165, 1.54) is 12.8 Å². The van der Waals surface area contributed by atoms with Crippen LogP contribution >= 0.6 is 0 Å². The predicted molar refractivity (Wildman–Crippen MR) is 99.8 cm³/mol. The average Bonchev–Trinajstić information content (AvgIpc) is 3.07. The number of fused-ring (bicyclic) bond motifs is 1. The molecule has 1 aliphatic carbocycles.